The molecular weight excluding hydrogens is 1530 g/mol. The van der Waals surface area contributed by atoms with Crippen molar-refractivity contribution in [1.82, 2.24) is 57.9 Å². The summed E-state index contributed by atoms with van der Waals surface area (Å²) in [7, 11) is -7.41. The van der Waals surface area contributed by atoms with Crippen LogP contribution in [0.3, 0.4) is 0 Å². The van der Waals surface area contributed by atoms with E-state index in [1.807, 2.05) is 171 Å². The van der Waals surface area contributed by atoms with Crippen molar-refractivity contribution in [2.75, 3.05) is 73.6 Å². The number of carbonyl (C=O) groups excluding carboxylic acids is 3. The number of nitrogens with one attached hydrogen (secondary N) is 2. The molecule has 6 fully saturated rings. The largest absolute Gasteiger partial charge is 0.361 e. The number of benzene rings is 8. The van der Waals surface area contributed by atoms with Gasteiger partial charge in [0.25, 0.3) is 20.0 Å². The average molecular weight is 1620 g/mol. The molecule has 0 unspecified atom stereocenters. The van der Waals surface area contributed by atoms with E-state index in [1.54, 1.807) is 54.9 Å². The maximum Gasteiger partial charge on any atom is 0.268 e. The zero-order valence-corrected chi connectivity index (χ0v) is 68.2. The highest BCUT2D eigenvalue weighted by Gasteiger charge is 2.48. The predicted molar refractivity (Wildman–Crippen MR) is 461 cm³/mol. The van der Waals surface area contributed by atoms with Gasteiger partial charge in [-0.05, 0) is 186 Å². The van der Waals surface area contributed by atoms with Gasteiger partial charge >= 0.3 is 0 Å². The molecule has 0 bridgehead atoms. The van der Waals surface area contributed by atoms with Crippen molar-refractivity contribution in [2.45, 2.75) is 120 Å². The number of para-hydroxylation sites is 9. The third-order valence-electron chi connectivity index (χ3n) is 24.9. The van der Waals surface area contributed by atoms with Crippen molar-refractivity contribution in [1.29, 1.82) is 0 Å². The molecule has 0 radical (unpaired) electrons. The van der Waals surface area contributed by atoms with Crippen LogP contribution in [0.4, 0.5) is 17.5 Å². The highest BCUT2D eigenvalue weighted by molar-refractivity contribution is 7.90. The second-order valence-electron chi connectivity index (χ2n) is 32.0. The molecule has 22 nitrogen and oxygen atoms in total. The summed E-state index contributed by atoms with van der Waals surface area (Å²) < 4.78 is 55.6. The van der Waals surface area contributed by atoms with Crippen LogP contribution in [-0.4, -0.2) is 146 Å². The van der Waals surface area contributed by atoms with Gasteiger partial charge in [-0.2, -0.15) is 0 Å². The quantitative estimate of drug-likeness (QED) is 0.108. The van der Waals surface area contributed by atoms with Gasteiger partial charge in [0.1, 0.15) is 17.5 Å². The Morgan fingerprint density at radius 1 is 0.393 bits per heavy atom. The Bertz CT molecular complexity index is 6270. The minimum atomic E-state index is -3.79. The highest BCUT2D eigenvalue weighted by atomic mass is 35.5. The molecule has 8 aromatic carbocycles. The maximum absolute atomic E-state index is 14.1. The van der Waals surface area contributed by atoms with E-state index in [-0.39, 0.29) is 38.3 Å². The number of hydrogen-bond donors (Lipinski definition) is 2. The Balaban J connectivity index is 0.000000117. The van der Waals surface area contributed by atoms with Gasteiger partial charge in [-0.15, -0.1) is 11.6 Å². The number of amides is 3. The molecule has 3 spiro atoms. The Morgan fingerprint density at radius 2 is 0.761 bits per heavy atom. The molecule has 0 saturated carbocycles. The average Bonchev–Trinajstić information content (AvgIpc) is 1.66. The number of anilines is 3. The SMILES string of the molecule is Cc1ccc(S(=O)(=O)n2cc(CCl)c3ccccc32)cc1.Cc1ccc(S(=O)(=O)n2cc(CN3CCCC4(CCN(c5cnc6ccccc6n5)CC4)C3=O)c3ccccc32)cc1.O=C1N(Cc2c[nH]c3ccccc23)CCCC12CCN(c1cnc3ccccc3n1)CC2.O=C1NCCCC12CCN(c1cnc3ccccc3n1)CC2. The first-order chi connectivity index (χ1) is 56.9. The Kier molecular flexibility index (Phi) is 21.9. The van der Waals surface area contributed by atoms with E-state index in [9.17, 15) is 31.2 Å². The zero-order chi connectivity index (χ0) is 80.5. The van der Waals surface area contributed by atoms with Crippen molar-refractivity contribution in [2.24, 2.45) is 16.2 Å². The lowest BCUT2D eigenvalue weighted by molar-refractivity contribution is -0.149. The molecular formula is C92H94ClN15O7S2. The summed E-state index contributed by atoms with van der Waals surface area (Å²) in [6, 6.07) is 60.7. The summed E-state index contributed by atoms with van der Waals surface area (Å²) in [5.41, 5.74) is 11.9. The summed E-state index contributed by atoms with van der Waals surface area (Å²) in [6.45, 7) is 12.2. The van der Waals surface area contributed by atoms with E-state index in [0.717, 1.165) is 219 Å². The molecule has 25 heteroatoms. The minimum absolute atomic E-state index is 0.140. The second kappa shape index (κ2) is 32.8. The van der Waals surface area contributed by atoms with E-state index in [2.05, 4.69) is 69.2 Å². The summed E-state index contributed by atoms with van der Waals surface area (Å²) in [5, 5.41) is 5.96. The highest BCUT2D eigenvalue weighted by Crippen LogP contribution is 2.46. The first-order valence-electron chi connectivity index (χ1n) is 40.6. The lowest BCUT2D eigenvalue weighted by atomic mass is 9.71. The standard InChI is InChI=1S/C33H33N5O3S.C26H27N5O.C17H20N4O.C16H14ClNO2S/c1-24-11-13-26(14-12-24)42(40,41)38-23-25(27-7-2-5-10-30(27)38)22-37-18-6-15-33(32(37)39)16-19-36(20-17-33)31-21-34-28-8-3-4-9-29(28)35-31;32-25-26(10-5-13-31(25)18-19-16-27-21-7-2-1-6-20(19)21)11-14-30(15-12-26)24-17-28-22-8-3-4-9-23(22)29-24;22-16-17(6-3-9-18-16)7-10-21(11-8-17)15-12-19-13-4-1-2-5-14(13)20-15;1-12-6-8-14(9-7-12)21(19,20)18-11-13(10-17)15-4-2-3-5-16(15)18/h2-5,7-14,21,23H,6,15-20,22H2,1H3;1-4,6-9,16-17,27H,5,10-15,18H2;1-2,4-5,12H,3,6-11H2,(H,18,22);2-9,11H,10H2,1H3. The Morgan fingerprint density at radius 3 is 1.20 bits per heavy atom. The van der Waals surface area contributed by atoms with Gasteiger partial charge in [-0.3, -0.25) is 29.3 Å². The number of carbonyl (C=O) groups is 3. The number of H-pyrrole nitrogens is 1. The number of halogens is 1. The van der Waals surface area contributed by atoms with Gasteiger partial charge in [0, 0.05) is 118 Å². The number of fused-ring (bicyclic) bond motifs is 6. The molecule has 12 heterocycles. The summed E-state index contributed by atoms with van der Waals surface area (Å²) >= 11 is 5.93. The normalized spacial score (nSPS) is 17.5. The molecule has 6 aliphatic rings. The lowest BCUT2D eigenvalue weighted by Gasteiger charge is -2.46. The van der Waals surface area contributed by atoms with Gasteiger partial charge in [-0.25, -0.2) is 39.7 Å². The van der Waals surface area contributed by atoms with Gasteiger partial charge < -0.3 is 34.8 Å². The number of aromatic nitrogens is 9. The molecule has 6 saturated heterocycles. The number of hydrogen-bond acceptors (Lipinski definition) is 16. The van der Waals surface area contributed by atoms with Crippen LogP contribution in [0.5, 0.6) is 0 Å². The van der Waals surface area contributed by atoms with Crippen molar-refractivity contribution < 1.29 is 31.2 Å². The van der Waals surface area contributed by atoms with Crippen molar-refractivity contribution in [3.05, 3.63) is 259 Å². The number of rotatable bonds is 12. The van der Waals surface area contributed by atoms with E-state index in [4.69, 9.17) is 26.6 Å². The lowest BCUT2D eigenvalue weighted by Crippen LogP contribution is -2.53. The van der Waals surface area contributed by atoms with Crippen LogP contribution >= 0.6 is 11.6 Å². The van der Waals surface area contributed by atoms with E-state index >= 15 is 0 Å². The number of aryl methyl sites for hydroxylation is 2. The fraction of sp³-hybridized carbons (Fsp3) is 0.315. The number of likely N-dealkylation sites (tertiary alicyclic amines) is 2. The Labute approximate surface area is 686 Å². The van der Waals surface area contributed by atoms with Gasteiger partial charge in [0.05, 0.1) is 88.8 Å². The van der Waals surface area contributed by atoms with Crippen LogP contribution in [0.1, 0.15) is 105 Å². The van der Waals surface area contributed by atoms with Crippen LogP contribution in [-0.2, 0) is 53.4 Å². The van der Waals surface area contributed by atoms with Gasteiger partial charge in [-0.1, -0.05) is 126 Å². The monoisotopic (exact) mass is 1620 g/mol. The molecule has 20 rings (SSSR count). The first-order valence-corrected chi connectivity index (χ1v) is 44.0. The smallest absolute Gasteiger partial charge is 0.268 e. The van der Waals surface area contributed by atoms with Crippen LogP contribution in [0.15, 0.2) is 241 Å². The second-order valence-corrected chi connectivity index (χ2v) is 35.9. The number of aromatic amines is 1. The van der Waals surface area contributed by atoms with E-state index in [1.165, 1.54) is 18.9 Å². The maximum atomic E-state index is 14.1. The summed E-state index contributed by atoms with van der Waals surface area (Å²) in [4.78, 5) is 82.6. The minimum Gasteiger partial charge on any atom is -0.361 e. The molecule has 0 atom stereocenters. The molecule has 14 aromatic rings. The third kappa shape index (κ3) is 15.7. The van der Waals surface area contributed by atoms with Crippen LogP contribution in [0.2, 0.25) is 0 Å². The predicted octanol–water partition coefficient (Wildman–Crippen LogP) is 16.1. The molecule has 2 N–H and O–H groups in total. The number of piperidine rings is 6. The van der Waals surface area contributed by atoms with Crippen LogP contribution < -0.4 is 20.0 Å². The van der Waals surface area contributed by atoms with E-state index in [0.29, 0.717) is 36.6 Å². The molecule has 6 aliphatic heterocycles. The van der Waals surface area contributed by atoms with Crippen molar-refractivity contribution in [3.8, 4) is 0 Å². The summed E-state index contributed by atoms with van der Waals surface area (Å²) in [6.07, 6.45) is 22.0. The van der Waals surface area contributed by atoms with Crippen LogP contribution in [0.25, 0.3) is 65.8 Å². The number of alkyl halides is 1. The fourth-order valence-electron chi connectivity index (χ4n) is 18.1. The number of nitrogens with zero attached hydrogens (tertiary/aromatic N) is 13. The summed E-state index contributed by atoms with van der Waals surface area (Å²) in [5.74, 6) is 3.72. The topological polar surface area (TPSA) is 251 Å². The molecule has 6 aromatic heterocycles. The van der Waals surface area contributed by atoms with Gasteiger partial charge in [0.15, 0.2) is 0 Å². The zero-order valence-electron chi connectivity index (χ0n) is 65.8. The van der Waals surface area contributed by atoms with Crippen LogP contribution in [0, 0.1) is 30.1 Å². The van der Waals surface area contributed by atoms with Crippen molar-refractivity contribution in [3.63, 3.8) is 0 Å². The molecule has 117 heavy (non-hydrogen) atoms. The fourth-order valence-corrected chi connectivity index (χ4v) is 21.1. The van der Waals surface area contributed by atoms with Crippen molar-refractivity contribution >= 4 is 133 Å². The molecule has 0 aliphatic carbocycles. The first kappa shape index (κ1) is 77.9. The molecule has 3 amide bonds. The van der Waals surface area contributed by atoms with E-state index < -0.39 is 25.5 Å². The third-order valence-corrected chi connectivity index (χ3v) is 28.6. The van der Waals surface area contributed by atoms with Gasteiger partial charge in [0.2, 0.25) is 17.7 Å². The molecule has 598 valence electrons. The Hall–Kier alpha value is -11.6.